The van der Waals surface area contributed by atoms with E-state index in [4.69, 9.17) is 0 Å². The molecule has 0 aliphatic heterocycles. The molecule has 2 aromatic rings. The van der Waals surface area contributed by atoms with Gasteiger partial charge in [0.05, 0.1) is 0 Å². The van der Waals surface area contributed by atoms with Crippen LogP contribution in [-0.4, -0.2) is 0 Å². The van der Waals surface area contributed by atoms with Gasteiger partial charge in [-0.25, -0.2) is 0 Å². The van der Waals surface area contributed by atoms with Crippen molar-refractivity contribution in [2.75, 3.05) is 0 Å². The van der Waals surface area contributed by atoms with E-state index < -0.39 is 0 Å². The largest absolute Gasteiger partial charge is 0.0604 e. The molecule has 0 aliphatic carbocycles. The predicted octanol–water partition coefficient (Wildman–Crippen LogP) is 6.40. The monoisotopic (exact) mass is 466 g/mol. The Bertz CT molecular complexity index is 514. The maximum Gasteiger partial charge on any atom is 0.0396 e. The Hall–Kier alpha value is 0.360. The second kappa shape index (κ2) is 5.34. The first kappa shape index (κ1) is 12.8. The molecule has 0 fully saturated rings. The minimum Gasteiger partial charge on any atom is -0.0604 e. The van der Waals surface area contributed by atoms with Gasteiger partial charge in [-0.2, -0.15) is 0 Å². The highest BCUT2D eigenvalue weighted by Gasteiger charge is 2.11. The van der Waals surface area contributed by atoms with Gasteiger partial charge >= 0.3 is 0 Å². The van der Waals surface area contributed by atoms with Crippen molar-refractivity contribution in [3.63, 3.8) is 0 Å². The standard InChI is InChI=1S/C12H6Br4/c13-8-4-2-5-9(14)11(8)7-3-1-6-10(15)12(7)16/h1-6H. The normalized spacial score (nSPS) is 10.5. The molecule has 82 valence electrons. The van der Waals surface area contributed by atoms with Crippen molar-refractivity contribution in [2.45, 2.75) is 0 Å². The Morgan fingerprint density at radius 2 is 1.12 bits per heavy atom. The Labute approximate surface area is 128 Å². The molecule has 0 saturated heterocycles. The number of rotatable bonds is 1. The van der Waals surface area contributed by atoms with E-state index in [0.717, 1.165) is 29.0 Å². The molecule has 2 aromatic carbocycles. The van der Waals surface area contributed by atoms with E-state index in [9.17, 15) is 0 Å². The lowest BCUT2D eigenvalue weighted by Gasteiger charge is -2.10. The molecule has 0 nitrogen and oxygen atoms in total. The lowest BCUT2D eigenvalue weighted by Crippen LogP contribution is -1.84. The van der Waals surface area contributed by atoms with Crippen LogP contribution in [0, 0.1) is 0 Å². The van der Waals surface area contributed by atoms with Crippen LogP contribution in [0.2, 0.25) is 0 Å². The highest BCUT2D eigenvalue weighted by atomic mass is 79.9. The molecule has 0 aromatic heterocycles. The molecular formula is C12H6Br4. The summed E-state index contributed by atoms with van der Waals surface area (Å²) in [5.74, 6) is 0. The van der Waals surface area contributed by atoms with Gasteiger partial charge in [-0.1, -0.05) is 50.1 Å². The molecule has 2 rings (SSSR count). The van der Waals surface area contributed by atoms with Gasteiger partial charge in [0.15, 0.2) is 0 Å². The maximum atomic E-state index is 3.60. The van der Waals surface area contributed by atoms with Crippen molar-refractivity contribution in [1.82, 2.24) is 0 Å². The molecule has 0 amide bonds. The summed E-state index contributed by atoms with van der Waals surface area (Å²) >= 11 is 14.3. The third-order valence-corrected chi connectivity index (χ3v) is 5.55. The Morgan fingerprint density at radius 3 is 1.75 bits per heavy atom. The first-order valence-electron chi connectivity index (χ1n) is 4.49. The minimum atomic E-state index is 1.05. The van der Waals surface area contributed by atoms with Crippen LogP contribution in [0.25, 0.3) is 11.1 Å². The topological polar surface area (TPSA) is 0 Å². The summed E-state index contributed by atoms with van der Waals surface area (Å²) in [5.41, 5.74) is 2.30. The lowest BCUT2D eigenvalue weighted by molar-refractivity contribution is 1.51. The lowest BCUT2D eigenvalue weighted by atomic mass is 10.1. The summed E-state index contributed by atoms with van der Waals surface area (Å²) < 4.78 is 4.25. The van der Waals surface area contributed by atoms with E-state index in [2.05, 4.69) is 69.8 Å². The molecule has 0 heterocycles. The van der Waals surface area contributed by atoms with Gasteiger partial charge in [0.1, 0.15) is 0 Å². The molecule has 0 spiro atoms. The Morgan fingerprint density at radius 1 is 0.625 bits per heavy atom. The average Bonchev–Trinajstić information content (AvgIpc) is 2.24. The second-order valence-corrected chi connectivity index (χ2v) is 6.55. The van der Waals surface area contributed by atoms with Crippen molar-refractivity contribution >= 4 is 63.7 Å². The number of hydrogen-bond acceptors (Lipinski definition) is 0. The van der Waals surface area contributed by atoms with E-state index in [1.807, 2.05) is 30.3 Å². The van der Waals surface area contributed by atoms with E-state index in [1.165, 1.54) is 0 Å². The van der Waals surface area contributed by atoms with Gasteiger partial charge in [-0.15, -0.1) is 0 Å². The van der Waals surface area contributed by atoms with Gasteiger partial charge in [0.25, 0.3) is 0 Å². The summed E-state index contributed by atoms with van der Waals surface area (Å²) in [5, 5.41) is 0. The SMILES string of the molecule is Brc1cccc(-c2c(Br)cccc2Br)c1Br. The number of halogens is 4. The van der Waals surface area contributed by atoms with Crippen LogP contribution < -0.4 is 0 Å². The first-order valence-corrected chi connectivity index (χ1v) is 7.67. The summed E-state index contributed by atoms with van der Waals surface area (Å²) in [6, 6.07) is 12.2. The van der Waals surface area contributed by atoms with Gasteiger partial charge < -0.3 is 0 Å². The minimum absolute atomic E-state index is 1.05. The zero-order valence-electron chi connectivity index (χ0n) is 7.98. The quantitative estimate of drug-likeness (QED) is 0.453. The van der Waals surface area contributed by atoms with Crippen LogP contribution in [0.4, 0.5) is 0 Å². The van der Waals surface area contributed by atoms with Crippen molar-refractivity contribution in [3.8, 4) is 11.1 Å². The molecule has 4 heteroatoms. The molecule has 0 aliphatic rings. The van der Waals surface area contributed by atoms with Crippen LogP contribution in [-0.2, 0) is 0 Å². The van der Waals surface area contributed by atoms with Crippen molar-refractivity contribution < 1.29 is 0 Å². The summed E-state index contributed by atoms with van der Waals surface area (Å²) in [4.78, 5) is 0. The molecule has 0 atom stereocenters. The average molecular weight is 470 g/mol. The molecule has 0 unspecified atom stereocenters. The fourth-order valence-electron chi connectivity index (χ4n) is 1.45. The molecule has 0 bridgehead atoms. The van der Waals surface area contributed by atoms with Crippen LogP contribution in [0.15, 0.2) is 54.3 Å². The third kappa shape index (κ3) is 2.45. The summed E-state index contributed by atoms with van der Waals surface area (Å²) in [6.45, 7) is 0. The number of hydrogen-bond donors (Lipinski definition) is 0. The zero-order chi connectivity index (χ0) is 11.7. The molecular weight excluding hydrogens is 464 g/mol. The van der Waals surface area contributed by atoms with Crippen LogP contribution >= 0.6 is 63.7 Å². The molecule has 0 N–H and O–H groups in total. The highest BCUT2D eigenvalue weighted by molar-refractivity contribution is 9.13. The van der Waals surface area contributed by atoms with E-state index in [1.54, 1.807) is 0 Å². The smallest absolute Gasteiger partial charge is 0.0396 e. The molecule has 0 saturated carbocycles. The fraction of sp³-hybridized carbons (Fsp3) is 0. The summed E-state index contributed by atoms with van der Waals surface area (Å²) in [7, 11) is 0. The van der Waals surface area contributed by atoms with Crippen molar-refractivity contribution in [2.24, 2.45) is 0 Å². The van der Waals surface area contributed by atoms with Gasteiger partial charge in [-0.3, -0.25) is 0 Å². The summed E-state index contributed by atoms with van der Waals surface area (Å²) in [6.07, 6.45) is 0. The Balaban J connectivity index is 2.73. The number of benzene rings is 2. The van der Waals surface area contributed by atoms with Gasteiger partial charge in [0.2, 0.25) is 0 Å². The van der Waals surface area contributed by atoms with E-state index in [-0.39, 0.29) is 0 Å². The second-order valence-electron chi connectivity index (χ2n) is 3.20. The van der Waals surface area contributed by atoms with Crippen LogP contribution in [0.1, 0.15) is 0 Å². The van der Waals surface area contributed by atoms with Crippen molar-refractivity contribution in [3.05, 3.63) is 54.3 Å². The van der Waals surface area contributed by atoms with Crippen molar-refractivity contribution in [1.29, 1.82) is 0 Å². The van der Waals surface area contributed by atoms with E-state index in [0.29, 0.717) is 0 Å². The highest BCUT2D eigenvalue weighted by Crippen LogP contribution is 2.41. The zero-order valence-corrected chi connectivity index (χ0v) is 14.3. The predicted molar refractivity (Wildman–Crippen MR) is 82.7 cm³/mol. The van der Waals surface area contributed by atoms with Gasteiger partial charge in [-0.05, 0) is 55.6 Å². The Kier molecular flexibility index (Phi) is 4.27. The maximum absolute atomic E-state index is 3.60. The molecule has 16 heavy (non-hydrogen) atoms. The van der Waals surface area contributed by atoms with E-state index >= 15 is 0 Å². The van der Waals surface area contributed by atoms with Gasteiger partial charge in [0, 0.05) is 23.5 Å². The fourth-order valence-corrected chi connectivity index (χ4v) is 3.71. The van der Waals surface area contributed by atoms with Crippen LogP contribution in [0.5, 0.6) is 0 Å². The van der Waals surface area contributed by atoms with Crippen LogP contribution in [0.3, 0.4) is 0 Å². The molecule has 0 radical (unpaired) electrons. The third-order valence-electron chi connectivity index (χ3n) is 2.18. The first-order chi connectivity index (χ1) is 7.61.